The third-order valence-corrected chi connectivity index (χ3v) is 3.35. The van der Waals surface area contributed by atoms with Gasteiger partial charge < -0.3 is 15.0 Å². The number of hydrogen-bond acceptors (Lipinski definition) is 5. The van der Waals surface area contributed by atoms with E-state index < -0.39 is 17.9 Å². The lowest BCUT2D eigenvalue weighted by Crippen LogP contribution is -2.58. The number of amides is 2. The second-order valence-corrected chi connectivity index (χ2v) is 4.88. The van der Waals surface area contributed by atoms with Gasteiger partial charge in [-0.05, 0) is 12.1 Å². The van der Waals surface area contributed by atoms with Crippen LogP contribution in [0.2, 0.25) is 5.02 Å². The van der Waals surface area contributed by atoms with E-state index >= 15 is 0 Å². The maximum Gasteiger partial charge on any atom is 0.308 e. The first-order chi connectivity index (χ1) is 10.0. The molecule has 0 unspecified atom stereocenters. The van der Waals surface area contributed by atoms with Gasteiger partial charge in [-0.2, -0.15) is 0 Å². The van der Waals surface area contributed by atoms with Crippen molar-refractivity contribution < 1.29 is 19.1 Å². The number of methoxy groups -OCH3 is 1. The molecule has 1 N–H and O–H groups in total. The second kappa shape index (κ2) is 6.53. The number of carbonyl (C=O) groups excluding carboxylic acids is 3. The van der Waals surface area contributed by atoms with Gasteiger partial charge in [0.1, 0.15) is 11.7 Å². The first-order valence-corrected chi connectivity index (χ1v) is 6.67. The van der Waals surface area contributed by atoms with Gasteiger partial charge in [0.05, 0.1) is 18.6 Å². The van der Waals surface area contributed by atoms with Crippen LogP contribution in [0.3, 0.4) is 0 Å². The summed E-state index contributed by atoms with van der Waals surface area (Å²) in [5, 5.41) is 3.04. The van der Waals surface area contributed by atoms with Crippen molar-refractivity contribution in [2.75, 3.05) is 20.2 Å². The lowest BCUT2D eigenvalue weighted by molar-refractivity contribution is -0.145. The highest BCUT2D eigenvalue weighted by atomic mass is 35.5. The zero-order chi connectivity index (χ0) is 15.4. The molecule has 2 rings (SSSR count). The monoisotopic (exact) mass is 311 g/mol. The van der Waals surface area contributed by atoms with E-state index in [1.165, 1.54) is 24.3 Å². The van der Waals surface area contributed by atoms with E-state index in [0.717, 1.165) is 0 Å². The van der Waals surface area contributed by atoms with Crippen molar-refractivity contribution in [1.82, 2.24) is 15.2 Å². The minimum atomic E-state index is -0.892. The van der Waals surface area contributed by atoms with Gasteiger partial charge in [-0.25, -0.2) is 4.98 Å². The predicted octanol–water partition coefficient (Wildman–Crippen LogP) is 0.239. The van der Waals surface area contributed by atoms with Crippen molar-refractivity contribution in [1.29, 1.82) is 0 Å². The molecule has 1 atom stereocenters. The van der Waals surface area contributed by atoms with E-state index in [2.05, 4.69) is 15.0 Å². The van der Waals surface area contributed by atoms with Crippen LogP contribution < -0.4 is 5.32 Å². The van der Waals surface area contributed by atoms with E-state index in [1.807, 2.05) is 0 Å². The van der Waals surface area contributed by atoms with E-state index in [9.17, 15) is 14.4 Å². The quantitative estimate of drug-likeness (QED) is 0.808. The number of piperazine rings is 1. The largest absolute Gasteiger partial charge is 0.469 e. The molecule has 1 aromatic rings. The molecule has 1 saturated heterocycles. The highest BCUT2D eigenvalue weighted by molar-refractivity contribution is 6.30. The molecule has 0 spiro atoms. The Labute approximate surface area is 126 Å². The number of aromatic nitrogens is 1. The summed E-state index contributed by atoms with van der Waals surface area (Å²) in [5.41, 5.74) is 0.170. The third-order valence-electron chi connectivity index (χ3n) is 3.13. The number of carbonyl (C=O) groups is 3. The van der Waals surface area contributed by atoms with Crippen LogP contribution in [0.15, 0.2) is 18.3 Å². The number of nitrogens with one attached hydrogen (secondary N) is 1. The Kier molecular flexibility index (Phi) is 4.74. The third kappa shape index (κ3) is 3.49. The van der Waals surface area contributed by atoms with Gasteiger partial charge in [0.15, 0.2) is 0 Å². The SMILES string of the molecule is COC(=O)C[C@@H]1C(=O)NCCN1C(=O)c1ccc(Cl)cn1. The normalized spacial score (nSPS) is 18.1. The molecule has 0 radical (unpaired) electrons. The molecule has 0 aromatic carbocycles. The smallest absolute Gasteiger partial charge is 0.308 e. The number of halogens is 1. The summed E-state index contributed by atoms with van der Waals surface area (Å²) < 4.78 is 4.56. The van der Waals surface area contributed by atoms with E-state index in [0.29, 0.717) is 18.1 Å². The van der Waals surface area contributed by atoms with Crippen LogP contribution in [-0.2, 0) is 14.3 Å². The summed E-state index contributed by atoms with van der Waals surface area (Å²) in [5.74, 6) is -1.36. The zero-order valence-corrected chi connectivity index (χ0v) is 12.1. The van der Waals surface area contributed by atoms with E-state index in [1.54, 1.807) is 6.07 Å². The Hall–Kier alpha value is -2.15. The molecule has 1 fully saturated rings. The Balaban J connectivity index is 2.21. The van der Waals surface area contributed by atoms with Crippen LogP contribution in [0.5, 0.6) is 0 Å². The molecular formula is C13H14ClN3O4. The number of nitrogens with zero attached hydrogens (tertiary/aromatic N) is 2. The second-order valence-electron chi connectivity index (χ2n) is 4.45. The molecule has 8 heteroatoms. The van der Waals surface area contributed by atoms with E-state index in [-0.39, 0.29) is 18.0 Å². The highest BCUT2D eigenvalue weighted by Gasteiger charge is 2.35. The number of esters is 1. The van der Waals surface area contributed by atoms with Crippen LogP contribution in [0, 0.1) is 0 Å². The topological polar surface area (TPSA) is 88.6 Å². The fraction of sp³-hybridized carbons (Fsp3) is 0.385. The molecule has 1 aromatic heterocycles. The van der Waals surface area contributed by atoms with Crippen molar-refractivity contribution >= 4 is 29.4 Å². The Bertz CT molecular complexity index is 561. The average molecular weight is 312 g/mol. The average Bonchev–Trinajstić information content (AvgIpc) is 2.49. The maximum absolute atomic E-state index is 12.4. The maximum atomic E-state index is 12.4. The number of hydrogen-bond donors (Lipinski definition) is 1. The van der Waals surface area contributed by atoms with Gasteiger partial charge >= 0.3 is 5.97 Å². The molecular weight excluding hydrogens is 298 g/mol. The first kappa shape index (κ1) is 15.2. The van der Waals surface area contributed by atoms with Crippen molar-refractivity contribution in [2.45, 2.75) is 12.5 Å². The lowest BCUT2D eigenvalue weighted by Gasteiger charge is -2.34. The standard InChI is InChI=1S/C13H14ClN3O4/c1-21-11(18)6-10-12(19)15-4-5-17(10)13(20)9-3-2-8(14)7-16-9/h2-3,7,10H,4-6H2,1H3,(H,15,19)/t10-/m1/s1. The number of pyridine rings is 1. The zero-order valence-electron chi connectivity index (χ0n) is 11.3. The molecule has 0 saturated carbocycles. The summed E-state index contributed by atoms with van der Waals surface area (Å²) in [6.07, 6.45) is 1.16. The molecule has 2 heterocycles. The molecule has 0 aliphatic carbocycles. The van der Waals surface area contributed by atoms with E-state index in [4.69, 9.17) is 11.6 Å². The van der Waals surface area contributed by atoms with Crippen LogP contribution >= 0.6 is 11.6 Å². The van der Waals surface area contributed by atoms with Crippen molar-refractivity contribution in [2.24, 2.45) is 0 Å². The van der Waals surface area contributed by atoms with Gasteiger partial charge in [-0.3, -0.25) is 14.4 Å². The Morgan fingerprint density at radius 1 is 1.52 bits per heavy atom. The fourth-order valence-electron chi connectivity index (χ4n) is 2.05. The Morgan fingerprint density at radius 2 is 2.29 bits per heavy atom. The van der Waals surface area contributed by atoms with Gasteiger partial charge in [0.25, 0.3) is 5.91 Å². The van der Waals surface area contributed by atoms with Crippen molar-refractivity contribution in [3.63, 3.8) is 0 Å². The number of ether oxygens (including phenoxy) is 1. The molecule has 1 aliphatic rings. The first-order valence-electron chi connectivity index (χ1n) is 6.30. The van der Waals surface area contributed by atoms with Crippen LogP contribution in [0.1, 0.15) is 16.9 Å². The molecule has 0 bridgehead atoms. The van der Waals surface area contributed by atoms with Crippen LogP contribution in [0.4, 0.5) is 0 Å². The summed E-state index contributed by atoms with van der Waals surface area (Å²) >= 11 is 5.73. The lowest BCUT2D eigenvalue weighted by atomic mass is 10.1. The van der Waals surface area contributed by atoms with Crippen molar-refractivity contribution in [3.8, 4) is 0 Å². The molecule has 112 valence electrons. The highest BCUT2D eigenvalue weighted by Crippen LogP contribution is 2.15. The summed E-state index contributed by atoms with van der Waals surface area (Å²) in [4.78, 5) is 41.0. The minimum Gasteiger partial charge on any atom is -0.469 e. The molecule has 2 amide bonds. The molecule has 1 aliphatic heterocycles. The van der Waals surface area contributed by atoms with Gasteiger partial charge in [0, 0.05) is 19.3 Å². The molecule has 21 heavy (non-hydrogen) atoms. The minimum absolute atomic E-state index is 0.170. The van der Waals surface area contributed by atoms with Crippen LogP contribution in [0.25, 0.3) is 0 Å². The van der Waals surface area contributed by atoms with Gasteiger partial charge in [-0.15, -0.1) is 0 Å². The predicted molar refractivity (Wildman–Crippen MR) is 73.7 cm³/mol. The van der Waals surface area contributed by atoms with Crippen LogP contribution in [-0.4, -0.2) is 53.9 Å². The summed E-state index contributed by atoms with van der Waals surface area (Å²) in [6.45, 7) is 0.631. The Morgan fingerprint density at radius 3 is 2.90 bits per heavy atom. The fourth-order valence-corrected chi connectivity index (χ4v) is 2.16. The summed E-state index contributed by atoms with van der Waals surface area (Å²) in [6, 6.07) is 2.13. The van der Waals surface area contributed by atoms with Gasteiger partial charge in [0.2, 0.25) is 5.91 Å². The molecule has 7 nitrogen and oxygen atoms in total. The van der Waals surface area contributed by atoms with Gasteiger partial charge in [-0.1, -0.05) is 11.6 Å². The van der Waals surface area contributed by atoms with Crippen molar-refractivity contribution in [3.05, 3.63) is 29.0 Å². The number of rotatable bonds is 3. The summed E-state index contributed by atoms with van der Waals surface area (Å²) in [7, 11) is 1.23.